The van der Waals surface area contributed by atoms with Crippen molar-refractivity contribution in [3.05, 3.63) is 29.8 Å². The molecule has 0 aliphatic rings. The summed E-state index contributed by atoms with van der Waals surface area (Å²) in [4.78, 5) is 10.4. The number of sulfonamides is 1. The number of nitrogens with zero attached hydrogens (tertiary/aromatic N) is 1. The molecule has 1 amide bonds. The smallest absolute Gasteiger partial charge is 0.368 e. The third kappa shape index (κ3) is 3.18. The third-order valence-electron chi connectivity index (χ3n) is 3.22. The van der Waals surface area contributed by atoms with Gasteiger partial charge in [-0.05, 0) is 26.0 Å². The van der Waals surface area contributed by atoms with Crippen molar-refractivity contribution >= 4 is 15.9 Å². The summed E-state index contributed by atoms with van der Waals surface area (Å²) in [6.07, 6.45) is -4.83. The predicted octanol–water partition coefficient (Wildman–Crippen LogP) is 1.59. The van der Waals surface area contributed by atoms with Crippen molar-refractivity contribution in [1.29, 1.82) is 0 Å². The second kappa shape index (κ2) is 5.30. The van der Waals surface area contributed by atoms with Crippen LogP contribution in [0.1, 0.15) is 19.4 Å². The number of nitrogens with two attached hydrogens (primary N) is 1. The summed E-state index contributed by atoms with van der Waals surface area (Å²) in [7, 11) is -3.54. The molecule has 1 rings (SSSR count). The minimum atomic E-state index is -4.83. The predicted molar refractivity (Wildman–Crippen MR) is 69.7 cm³/mol. The lowest BCUT2D eigenvalue weighted by Gasteiger charge is -2.32. The summed E-state index contributed by atoms with van der Waals surface area (Å²) in [5.74, 6) is -0.974. The Morgan fingerprint density at radius 1 is 1.19 bits per heavy atom. The van der Waals surface area contributed by atoms with E-state index in [0.717, 1.165) is 19.2 Å². The van der Waals surface area contributed by atoms with E-state index in [1.165, 1.54) is 19.9 Å². The number of carbonyl (C=O) groups is 1. The van der Waals surface area contributed by atoms with Crippen molar-refractivity contribution < 1.29 is 26.4 Å². The van der Waals surface area contributed by atoms with E-state index in [1.807, 2.05) is 0 Å². The van der Waals surface area contributed by atoms with Crippen LogP contribution in [0.5, 0.6) is 0 Å². The fraction of sp³-hybridized carbons (Fsp3) is 0.417. The number of hydrogen-bond donors (Lipinski definition) is 1. The van der Waals surface area contributed by atoms with E-state index >= 15 is 0 Å². The number of primary amides is 1. The van der Waals surface area contributed by atoms with Crippen molar-refractivity contribution in [1.82, 2.24) is 4.31 Å². The van der Waals surface area contributed by atoms with Crippen LogP contribution < -0.4 is 5.73 Å². The molecule has 9 heteroatoms. The zero-order valence-electron chi connectivity index (χ0n) is 11.6. The molecule has 0 atom stereocenters. The topological polar surface area (TPSA) is 80.5 Å². The van der Waals surface area contributed by atoms with Crippen LogP contribution in [0.15, 0.2) is 29.2 Å². The minimum absolute atomic E-state index is 0.535. The second-order valence-corrected chi connectivity index (χ2v) is 6.83. The third-order valence-corrected chi connectivity index (χ3v) is 5.31. The van der Waals surface area contributed by atoms with Gasteiger partial charge in [0, 0.05) is 7.05 Å². The molecule has 0 aromatic heterocycles. The lowest BCUT2D eigenvalue weighted by atomic mass is 10.1. The number of rotatable bonds is 4. The standard InChI is InChI=1S/C12H15F3N2O3S/c1-11(2,10(16)18)17(3)21(19,20)9-7-5-4-6-8(9)12(13,14)15/h4-7H,1-3H3,(H2,16,18). The Balaban J connectivity index is 3.50. The first-order valence-corrected chi connectivity index (χ1v) is 7.22. The summed E-state index contributed by atoms with van der Waals surface area (Å²) >= 11 is 0. The highest BCUT2D eigenvalue weighted by Gasteiger charge is 2.43. The van der Waals surface area contributed by atoms with Crippen LogP contribution >= 0.6 is 0 Å². The molecule has 118 valence electrons. The maximum atomic E-state index is 12.9. The van der Waals surface area contributed by atoms with Gasteiger partial charge < -0.3 is 5.73 Å². The molecule has 1 aromatic rings. The summed E-state index contributed by atoms with van der Waals surface area (Å²) in [5.41, 5.74) is 2.14. The van der Waals surface area contributed by atoms with E-state index in [-0.39, 0.29) is 0 Å². The molecule has 5 nitrogen and oxygen atoms in total. The highest BCUT2D eigenvalue weighted by Crippen LogP contribution is 2.36. The monoisotopic (exact) mass is 324 g/mol. The molecule has 0 aliphatic heterocycles. The molecule has 0 spiro atoms. The zero-order valence-corrected chi connectivity index (χ0v) is 12.4. The molecule has 21 heavy (non-hydrogen) atoms. The average molecular weight is 324 g/mol. The number of amides is 1. The minimum Gasteiger partial charge on any atom is -0.368 e. The Hall–Kier alpha value is -1.61. The van der Waals surface area contributed by atoms with Gasteiger partial charge in [0.25, 0.3) is 0 Å². The number of benzene rings is 1. The number of hydrogen-bond acceptors (Lipinski definition) is 3. The van der Waals surface area contributed by atoms with Crippen molar-refractivity contribution in [2.45, 2.75) is 30.5 Å². The van der Waals surface area contributed by atoms with Gasteiger partial charge in [0.1, 0.15) is 5.54 Å². The fourth-order valence-electron chi connectivity index (χ4n) is 1.53. The highest BCUT2D eigenvalue weighted by molar-refractivity contribution is 7.89. The second-order valence-electron chi connectivity index (χ2n) is 4.89. The van der Waals surface area contributed by atoms with E-state index in [4.69, 9.17) is 5.73 Å². The first kappa shape index (κ1) is 17.4. The molecule has 0 fully saturated rings. The Labute approximate surface area is 120 Å². The molecule has 1 aromatic carbocycles. The van der Waals surface area contributed by atoms with E-state index in [0.29, 0.717) is 10.4 Å². The lowest BCUT2D eigenvalue weighted by Crippen LogP contribution is -2.53. The maximum absolute atomic E-state index is 12.9. The molecule has 0 aliphatic carbocycles. The largest absolute Gasteiger partial charge is 0.417 e. The van der Waals surface area contributed by atoms with Crippen molar-refractivity contribution in [2.24, 2.45) is 5.73 Å². The van der Waals surface area contributed by atoms with Crippen molar-refractivity contribution in [2.75, 3.05) is 7.05 Å². The molecule has 0 radical (unpaired) electrons. The van der Waals surface area contributed by atoms with Crippen LogP contribution in [-0.4, -0.2) is 31.2 Å². The van der Waals surface area contributed by atoms with E-state index in [2.05, 4.69) is 0 Å². The van der Waals surface area contributed by atoms with Gasteiger partial charge in [-0.25, -0.2) is 8.42 Å². The van der Waals surface area contributed by atoms with Crippen LogP contribution in [0.25, 0.3) is 0 Å². The van der Waals surface area contributed by atoms with Gasteiger partial charge in [-0.3, -0.25) is 4.79 Å². The van der Waals surface area contributed by atoms with Gasteiger partial charge in [0.05, 0.1) is 10.5 Å². The van der Waals surface area contributed by atoms with E-state index in [9.17, 15) is 26.4 Å². The summed E-state index contributed by atoms with van der Waals surface area (Å²) < 4.78 is 64.0. The van der Waals surface area contributed by atoms with E-state index < -0.39 is 38.1 Å². The number of carbonyl (C=O) groups excluding carboxylic acids is 1. The van der Waals surface area contributed by atoms with Crippen LogP contribution in [0, 0.1) is 0 Å². The number of alkyl halides is 3. The van der Waals surface area contributed by atoms with Crippen LogP contribution in [0.4, 0.5) is 13.2 Å². The Kier molecular flexibility index (Phi) is 4.40. The molecular weight excluding hydrogens is 309 g/mol. The Morgan fingerprint density at radius 3 is 2.10 bits per heavy atom. The zero-order chi connectivity index (χ0) is 16.6. The summed E-state index contributed by atoms with van der Waals surface area (Å²) in [5, 5.41) is 0. The molecular formula is C12H15F3N2O3S. The van der Waals surface area contributed by atoms with Gasteiger partial charge in [-0.15, -0.1) is 0 Å². The lowest BCUT2D eigenvalue weighted by molar-refractivity contribution is -0.139. The molecule has 0 unspecified atom stereocenters. The number of likely N-dealkylation sites (N-methyl/N-ethyl adjacent to an activating group) is 1. The highest BCUT2D eigenvalue weighted by atomic mass is 32.2. The van der Waals surface area contributed by atoms with Crippen molar-refractivity contribution in [3.63, 3.8) is 0 Å². The first-order chi connectivity index (χ1) is 9.33. The van der Waals surface area contributed by atoms with Crippen molar-refractivity contribution in [3.8, 4) is 0 Å². The molecule has 2 N–H and O–H groups in total. The summed E-state index contributed by atoms with van der Waals surface area (Å²) in [6.45, 7) is 2.42. The number of halogens is 3. The maximum Gasteiger partial charge on any atom is 0.417 e. The van der Waals surface area contributed by atoms with Crippen LogP contribution in [0.3, 0.4) is 0 Å². The molecule has 0 saturated heterocycles. The molecule has 0 heterocycles. The quantitative estimate of drug-likeness (QED) is 0.913. The van der Waals surface area contributed by atoms with Gasteiger partial charge in [-0.1, -0.05) is 12.1 Å². The SMILES string of the molecule is CN(C(C)(C)C(N)=O)S(=O)(=O)c1ccccc1C(F)(F)F. The summed E-state index contributed by atoms with van der Waals surface area (Å²) in [6, 6.07) is 3.76. The van der Waals surface area contributed by atoms with Crippen LogP contribution in [-0.2, 0) is 21.0 Å². The van der Waals surface area contributed by atoms with Gasteiger partial charge >= 0.3 is 6.18 Å². The van der Waals surface area contributed by atoms with E-state index in [1.54, 1.807) is 0 Å². The van der Waals surface area contributed by atoms with Gasteiger partial charge in [0.15, 0.2) is 0 Å². The average Bonchev–Trinajstić information content (AvgIpc) is 2.36. The fourth-order valence-corrected chi connectivity index (χ4v) is 3.23. The first-order valence-electron chi connectivity index (χ1n) is 5.78. The van der Waals surface area contributed by atoms with Crippen LogP contribution in [0.2, 0.25) is 0 Å². The molecule has 0 saturated carbocycles. The Morgan fingerprint density at radius 2 is 1.67 bits per heavy atom. The van der Waals surface area contributed by atoms with Gasteiger partial charge in [-0.2, -0.15) is 17.5 Å². The normalized spacial score (nSPS) is 13.5. The van der Waals surface area contributed by atoms with Gasteiger partial charge in [0.2, 0.25) is 15.9 Å². The Bertz CT molecular complexity index is 654. The molecule has 0 bridgehead atoms.